The summed E-state index contributed by atoms with van der Waals surface area (Å²) in [5.41, 5.74) is -0.637. The number of likely N-dealkylation sites (tertiary alicyclic amines) is 1. The van der Waals surface area contributed by atoms with Crippen LogP contribution in [0.25, 0.3) is 21.3 Å². The molecule has 2 aromatic heterocycles. The maximum atomic E-state index is 13.7. The molecule has 1 fully saturated rings. The summed E-state index contributed by atoms with van der Waals surface area (Å²) in [6, 6.07) is 4.57. The van der Waals surface area contributed by atoms with Crippen LogP contribution in [0.4, 0.5) is 13.2 Å². The number of aromatic nitrogens is 2. The highest BCUT2D eigenvalue weighted by atomic mass is 32.1. The number of aryl methyl sites for hydroxylation is 1. The summed E-state index contributed by atoms with van der Waals surface area (Å²) in [5, 5.41) is 2.12. The van der Waals surface area contributed by atoms with Crippen LogP contribution >= 0.6 is 11.3 Å². The summed E-state index contributed by atoms with van der Waals surface area (Å²) < 4.78 is 40.9. The highest BCUT2D eigenvalue weighted by Gasteiger charge is 2.45. The number of nitrogens with zero attached hydrogens (tertiary/aromatic N) is 3. The van der Waals surface area contributed by atoms with Gasteiger partial charge in [-0.1, -0.05) is 6.07 Å². The molecular formula is C19H16F3N3O2S. The van der Waals surface area contributed by atoms with Crippen molar-refractivity contribution in [2.45, 2.75) is 19.1 Å². The van der Waals surface area contributed by atoms with Crippen molar-refractivity contribution in [1.29, 1.82) is 0 Å². The van der Waals surface area contributed by atoms with Crippen molar-refractivity contribution in [3.8, 4) is 11.1 Å². The van der Waals surface area contributed by atoms with Crippen molar-refractivity contribution >= 4 is 27.5 Å². The second-order valence-corrected chi connectivity index (χ2v) is 7.86. The average molecular weight is 407 g/mol. The van der Waals surface area contributed by atoms with Gasteiger partial charge in [0.1, 0.15) is 23.9 Å². The summed E-state index contributed by atoms with van der Waals surface area (Å²) in [7, 11) is 0. The lowest BCUT2D eigenvalue weighted by atomic mass is 9.98. The molecule has 0 aliphatic carbocycles. The van der Waals surface area contributed by atoms with Crippen LogP contribution in [-0.2, 0) is 11.3 Å². The predicted octanol–water partition coefficient (Wildman–Crippen LogP) is 3.09. The lowest BCUT2D eigenvalue weighted by Gasteiger charge is -2.42. The molecule has 1 amide bonds. The molecule has 1 aromatic carbocycles. The number of alkyl halides is 2. The Balaban J connectivity index is 1.66. The fraction of sp³-hybridized carbons (Fsp3) is 0.316. The third-order valence-corrected chi connectivity index (χ3v) is 5.76. The van der Waals surface area contributed by atoms with Gasteiger partial charge >= 0.3 is 0 Å². The largest absolute Gasteiger partial charge is 0.334 e. The van der Waals surface area contributed by atoms with Gasteiger partial charge in [0.05, 0.1) is 24.8 Å². The molecule has 0 N–H and O–H groups in total. The van der Waals surface area contributed by atoms with Crippen LogP contribution in [0.5, 0.6) is 0 Å². The molecular weight excluding hydrogens is 391 g/mol. The Labute approximate surface area is 162 Å². The van der Waals surface area contributed by atoms with Crippen molar-refractivity contribution in [1.82, 2.24) is 14.5 Å². The summed E-state index contributed by atoms with van der Waals surface area (Å²) in [6.45, 7) is -0.434. The van der Waals surface area contributed by atoms with Gasteiger partial charge < -0.3 is 4.90 Å². The number of halogens is 3. The van der Waals surface area contributed by atoms with Gasteiger partial charge in [-0.3, -0.25) is 14.2 Å². The first kappa shape index (κ1) is 18.7. The first-order chi connectivity index (χ1) is 13.3. The van der Waals surface area contributed by atoms with Crippen LogP contribution in [-0.4, -0.2) is 45.8 Å². The van der Waals surface area contributed by atoms with Crippen LogP contribution in [0, 0.1) is 12.7 Å². The smallest absolute Gasteiger partial charge is 0.263 e. The average Bonchev–Trinajstić information content (AvgIpc) is 3.08. The van der Waals surface area contributed by atoms with Crippen molar-refractivity contribution in [3.05, 3.63) is 51.6 Å². The molecule has 0 spiro atoms. The van der Waals surface area contributed by atoms with Crippen molar-refractivity contribution in [2.24, 2.45) is 0 Å². The monoisotopic (exact) mass is 407 g/mol. The lowest BCUT2D eigenvalue weighted by molar-refractivity contribution is -0.147. The molecule has 146 valence electrons. The molecule has 3 aromatic rings. The number of hydrogen-bond donors (Lipinski definition) is 0. The Kier molecular flexibility index (Phi) is 4.49. The number of thiophene rings is 1. The highest BCUT2D eigenvalue weighted by molar-refractivity contribution is 7.17. The van der Waals surface area contributed by atoms with Crippen molar-refractivity contribution < 1.29 is 18.0 Å². The van der Waals surface area contributed by atoms with E-state index in [1.807, 2.05) is 0 Å². The van der Waals surface area contributed by atoms with E-state index < -0.39 is 23.8 Å². The quantitative estimate of drug-likeness (QED) is 0.668. The Hall–Kier alpha value is -2.68. The van der Waals surface area contributed by atoms with Gasteiger partial charge in [0, 0.05) is 10.9 Å². The van der Waals surface area contributed by atoms with Crippen LogP contribution in [0.1, 0.15) is 5.56 Å². The Morgan fingerprint density at radius 1 is 1.36 bits per heavy atom. The number of benzene rings is 1. The molecule has 0 saturated carbocycles. The maximum Gasteiger partial charge on any atom is 0.263 e. The van der Waals surface area contributed by atoms with Gasteiger partial charge in [-0.05, 0) is 30.2 Å². The van der Waals surface area contributed by atoms with E-state index in [4.69, 9.17) is 0 Å². The molecule has 0 bridgehead atoms. The second-order valence-electron chi connectivity index (χ2n) is 7.01. The van der Waals surface area contributed by atoms with Crippen LogP contribution in [0.3, 0.4) is 0 Å². The molecule has 0 unspecified atom stereocenters. The van der Waals surface area contributed by atoms with Crippen LogP contribution in [0.15, 0.2) is 34.7 Å². The molecule has 28 heavy (non-hydrogen) atoms. The van der Waals surface area contributed by atoms with Crippen LogP contribution < -0.4 is 5.56 Å². The van der Waals surface area contributed by atoms with Crippen molar-refractivity contribution in [2.75, 3.05) is 19.8 Å². The summed E-state index contributed by atoms with van der Waals surface area (Å²) >= 11 is 1.28. The van der Waals surface area contributed by atoms with Crippen LogP contribution in [0.2, 0.25) is 0 Å². The minimum atomic E-state index is -1.98. The zero-order valence-corrected chi connectivity index (χ0v) is 15.7. The molecule has 9 heteroatoms. The van der Waals surface area contributed by atoms with E-state index in [0.29, 0.717) is 26.9 Å². The highest BCUT2D eigenvalue weighted by Crippen LogP contribution is 2.31. The minimum Gasteiger partial charge on any atom is -0.334 e. The molecule has 0 atom stereocenters. The van der Waals surface area contributed by atoms with E-state index >= 15 is 0 Å². The van der Waals surface area contributed by atoms with Gasteiger partial charge in [0.15, 0.2) is 5.67 Å². The van der Waals surface area contributed by atoms with E-state index in [2.05, 4.69) is 4.98 Å². The van der Waals surface area contributed by atoms with E-state index in [-0.39, 0.29) is 25.5 Å². The molecule has 5 nitrogen and oxygen atoms in total. The SMILES string of the molecule is Cc1cc(-c2csc3ncn(CC(=O)N4CC(F)(CF)C4)c(=O)c23)ccc1F. The molecule has 4 rings (SSSR count). The fourth-order valence-corrected chi connectivity index (χ4v) is 4.16. The zero-order valence-electron chi connectivity index (χ0n) is 14.9. The van der Waals surface area contributed by atoms with Gasteiger partial charge in [-0.25, -0.2) is 18.2 Å². The normalized spacial score (nSPS) is 15.6. The number of carbonyl (C=O) groups is 1. The Bertz CT molecular complexity index is 1140. The standard InChI is InChI=1S/C19H16F3N3O2S/c1-11-4-12(2-3-14(11)21)13-6-28-17-16(13)18(27)24(10-23-17)5-15(26)25-8-19(22,7-20)9-25/h2-4,6,10H,5,7-9H2,1H3. The van der Waals surface area contributed by atoms with Gasteiger partial charge in [0.2, 0.25) is 5.91 Å². The number of amides is 1. The predicted molar refractivity (Wildman–Crippen MR) is 100 cm³/mol. The molecule has 1 aliphatic rings. The zero-order chi connectivity index (χ0) is 20.1. The van der Waals surface area contributed by atoms with Crippen molar-refractivity contribution in [3.63, 3.8) is 0 Å². The lowest BCUT2D eigenvalue weighted by Crippen LogP contribution is -2.62. The second kappa shape index (κ2) is 6.73. The van der Waals surface area contributed by atoms with E-state index in [9.17, 15) is 22.8 Å². The number of rotatable bonds is 4. The summed E-state index contributed by atoms with van der Waals surface area (Å²) in [6.07, 6.45) is 1.27. The third kappa shape index (κ3) is 3.09. The molecule has 1 aliphatic heterocycles. The number of hydrogen-bond acceptors (Lipinski definition) is 4. The van der Waals surface area contributed by atoms with E-state index in [1.54, 1.807) is 24.4 Å². The fourth-order valence-electron chi connectivity index (χ4n) is 3.25. The van der Waals surface area contributed by atoms with E-state index in [0.717, 1.165) is 4.57 Å². The Morgan fingerprint density at radius 3 is 2.79 bits per heavy atom. The topological polar surface area (TPSA) is 55.2 Å². The third-order valence-electron chi connectivity index (χ3n) is 4.88. The molecule has 3 heterocycles. The first-order valence-corrected chi connectivity index (χ1v) is 9.45. The number of carbonyl (C=O) groups excluding carboxylic acids is 1. The van der Waals surface area contributed by atoms with Gasteiger partial charge in [0.25, 0.3) is 5.56 Å². The first-order valence-electron chi connectivity index (χ1n) is 8.57. The maximum absolute atomic E-state index is 13.7. The minimum absolute atomic E-state index is 0.304. The number of fused-ring (bicyclic) bond motifs is 1. The summed E-state index contributed by atoms with van der Waals surface area (Å²) in [5.74, 6) is -0.810. The Morgan fingerprint density at radius 2 is 2.11 bits per heavy atom. The summed E-state index contributed by atoms with van der Waals surface area (Å²) in [4.78, 5) is 31.1. The van der Waals surface area contributed by atoms with Gasteiger partial charge in [-0.2, -0.15) is 0 Å². The van der Waals surface area contributed by atoms with E-state index in [1.165, 1.54) is 28.6 Å². The molecule has 0 radical (unpaired) electrons. The molecule has 1 saturated heterocycles. The van der Waals surface area contributed by atoms with Gasteiger partial charge in [-0.15, -0.1) is 11.3 Å².